The van der Waals surface area contributed by atoms with Crippen LogP contribution >= 0.6 is 11.6 Å². The van der Waals surface area contributed by atoms with E-state index in [9.17, 15) is 18.0 Å². The Kier molecular flexibility index (Phi) is 4.96. The summed E-state index contributed by atoms with van der Waals surface area (Å²) in [4.78, 5) is 18.3. The van der Waals surface area contributed by atoms with Crippen molar-refractivity contribution in [3.8, 4) is 5.82 Å². The Morgan fingerprint density at radius 3 is 2.54 bits per heavy atom. The van der Waals surface area contributed by atoms with Crippen molar-refractivity contribution in [3.05, 3.63) is 45.5 Å². The lowest BCUT2D eigenvalue weighted by atomic mass is 9.95. The molecule has 0 spiro atoms. The fraction of sp³-hybridized carbons (Fsp3) is 0.471. The van der Waals surface area contributed by atoms with E-state index in [1.54, 1.807) is 0 Å². The van der Waals surface area contributed by atoms with E-state index in [1.165, 1.54) is 6.20 Å². The second-order valence-electron chi connectivity index (χ2n) is 6.65. The van der Waals surface area contributed by atoms with E-state index in [0.717, 1.165) is 36.2 Å². The van der Waals surface area contributed by atoms with Crippen LogP contribution in [0.25, 0.3) is 5.82 Å². The molecule has 1 fully saturated rings. The summed E-state index contributed by atoms with van der Waals surface area (Å²) in [5.74, 6) is 0.456. The van der Waals surface area contributed by atoms with Crippen LogP contribution in [0.15, 0.2) is 29.3 Å². The normalized spacial score (nSPS) is 21.1. The molecular weight excluding hydrogens is 369 g/mol. The molecule has 0 radical (unpaired) electrons. The second kappa shape index (κ2) is 6.90. The molecule has 9 heteroatoms. The van der Waals surface area contributed by atoms with Crippen LogP contribution < -0.4 is 10.5 Å². The molecule has 2 aromatic heterocycles. The molecule has 26 heavy (non-hydrogen) atoms. The minimum atomic E-state index is -4.49. The molecule has 1 saturated heterocycles. The minimum absolute atomic E-state index is 0.0114. The first-order valence-corrected chi connectivity index (χ1v) is 8.64. The topological polar surface area (TPSA) is 51.0 Å². The zero-order chi connectivity index (χ0) is 19.1. The van der Waals surface area contributed by atoms with Crippen LogP contribution in [0.5, 0.6) is 0 Å². The maximum absolute atomic E-state index is 12.6. The number of aromatic nitrogens is 3. The highest BCUT2D eigenvalue weighted by molar-refractivity contribution is 6.33. The van der Waals surface area contributed by atoms with E-state index in [4.69, 9.17) is 11.6 Å². The van der Waals surface area contributed by atoms with Crippen LogP contribution in [0.3, 0.4) is 0 Å². The van der Waals surface area contributed by atoms with Crippen molar-refractivity contribution in [2.75, 3.05) is 11.4 Å². The third-order valence-corrected chi connectivity index (χ3v) is 4.98. The van der Waals surface area contributed by atoms with E-state index in [-0.39, 0.29) is 16.9 Å². The molecule has 0 N–H and O–H groups in total. The van der Waals surface area contributed by atoms with Crippen molar-refractivity contribution in [1.82, 2.24) is 14.8 Å². The molecule has 0 aromatic carbocycles. The third kappa shape index (κ3) is 3.56. The maximum Gasteiger partial charge on any atom is 0.417 e. The van der Waals surface area contributed by atoms with Crippen molar-refractivity contribution in [1.29, 1.82) is 0 Å². The summed E-state index contributed by atoms with van der Waals surface area (Å²) < 4.78 is 38.8. The highest BCUT2D eigenvalue weighted by Crippen LogP contribution is 2.31. The maximum atomic E-state index is 12.6. The molecule has 0 bridgehead atoms. The van der Waals surface area contributed by atoms with E-state index in [0.29, 0.717) is 17.8 Å². The Morgan fingerprint density at radius 2 is 1.92 bits per heavy atom. The molecule has 1 aliphatic heterocycles. The van der Waals surface area contributed by atoms with Gasteiger partial charge in [-0.1, -0.05) is 18.5 Å². The first-order valence-electron chi connectivity index (χ1n) is 8.26. The molecule has 3 rings (SSSR count). The summed E-state index contributed by atoms with van der Waals surface area (Å²) in [5.41, 5.74) is -0.964. The summed E-state index contributed by atoms with van der Waals surface area (Å²) in [6.45, 7) is 4.96. The standard InChI is InChI=1S/C17H18ClF3N4O/c1-10-3-4-11(2)24(9-10)13-8-23-25(16(26)15(13)18)14-6-5-12(7-22-14)17(19,20)21/h5-8,10-11H,3-4,9H2,1-2H3. The van der Waals surface area contributed by atoms with Gasteiger partial charge < -0.3 is 4.90 Å². The number of hydrogen-bond donors (Lipinski definition) is 0. The molecule has 0 amide bonds. The summed E-state index contributed by atoms with van der Waals surface area (Å²) in [6.07, 6.45) is -0.264. The van der Waals surface area contributed by atoms with Crippen molar-refractivity contribution in [2.45, 2.75) is 38.9 Å². The van der Waals surface area contributed by atoms with Crippen LogP contribution in [0, 0.1) is 5.92 Å². The van der Waals surface area contributed by atoms with Gasteiger partial charge in [-0.15, -0.1) is 0 Å². The van der Waals surface area contributed by atoms with E-state index in [1.807, 2.05) is 0 Å². The fourth-order valence-corrected chi connectivity index (χ4v) is 3.33. The Labute approximate surface area is 153 Å². The number of alkyl halides is 3. The monoisotopic (exact) mass is 386 g/mol. The van der Waals surface area contributed by atoms with Gasteiger partial charge in [-0.3, -0.25) is 4.79 Å². The molecule has 1 aliphatic rings. The van der Waals surface area contributed by atoms with Crippen LogP contribution in [-0.2, 0) is 6.18 Å². The van der Waals surface area contributed by atoms with Gasteiger partial charge in [-0.05, 0) is 37.8 Å². The molecule has 2 atom stereocenters. The Morgan fingerprint density at radius 1 is 1.19 bits per heavy atom. The first-order chi connectivity index (χ1) is 12.2. The predicted molar refractivity (Wildman–Crippen MR) is 92.8 cm³/mol. The average molecular weight is 387 g/mol. The van der Waals surface area contributed by atoms with Gasteiger partial charge in [0.2, 0.25) is 0 Å². The van der Waals surface area contributed by atoms with Gasteiger partial charge in [0.25, 0.3) is 5.56 Å². The lowest BCUT2D eigenvalue weighted by molar-refractivity contribution is -0.137. The summed E-state index contributed by atoms with van der Waals surface area (Å²) in [7, 11) is 0. The number of nitrogens with zero attached hydrogens (tertiary/aromatic N) is 4. The van der Waals surface area contributed by atoms with Gasteiger partial charge in [0, 0.05) is 18.8 Å². The summed E-state index contributed by atoms with van der Waals surface area (Å²) in [5, 5.41) is 4.06. The number of piperidine rings is 1. The number of rotatable bonds is 2. The first kappa shape index (κ1) is 18.7. The Hall–Kier alpha value is -2.09. The quantitative estimate of drug-likeness (QED) is 0.784. The van der Waals surface area contributed by atoms with Crippen LogP contribution in [0.1, 0.15) is 32.3 Å². The highest BCUT2D eigenvalue weighted by Gasteiger charge is 2.31. The smallest absolute Gasteiger partial charge is 0.366 e. The van der Waals surface area contributed by atoms with E-state index < -0.39 is 17.3 Å². The molecule has 2 unspecified atom stereocenters. The Balaban J connectivity index is 1.96. The van der Waals surface area contributed by atoms with Crippen LogP contribution in [0.4, 0.5) is 18.9 Å². The van der Waals surface area contributed by atoms with Gasteiger partial charge in [0.1, 0.15) is 5.02 Å². The summed E-state index contributed by atoms with van der Waals surface area (Å²) in [6, 6.07) is 2.18. The highest BCUT2D eigenvalue weighted by atomic mass is 35.5. The molecule has 3 heterocycles. The van der Waals surface area contributed by atoms with Gasteiger partial charge in [0.05, 0.1) is 17.4 Å². The molecule has 5 nitrogen and oxygen atoms in total. The molecule has 140 valence electrons. The zero-order valence-corrected chi connectivity index (χ0v) is 15.1. The van der Waals surface area contributed by atoms with Crippen molar-refractivity contribution in [2.24, 2.45) is 5.92 Å². The van der Waals surface area contributed by atoms with Crippen molar-refractivity contribution in [3.63, 3.8) is 0 Å². The van der Waals surface area contributed by atoms with Crippen molar-refractivity contribution >= 4 is 17.3 Å². The molecule has 0 saturated carbocycles. The number of anilines is 1. The van der Waals surface area contributed by atoms with Gasteiger partial charge >= 0.3 is 6.18 Å². The van der Waals surface area contributed by atoms with Crippen LogP contribution in [0.2, 0.25) is 5.02 Å². The lowest BCUT2D eigenvalue weighted by Crippen LogP contribution is -2.42. The number of pyridine rings is 1. The predicted octanol–water partition coefficient (Wildman–Crippen LogP) is 3.92. The van der Waals surface area contributed by atoms with Gasteiger partial charge in [-0.25, -0.2) is 4.98 Å². The summed E-state index contributed by atoms with van der Waals surface area (Å²) >= 11 is 6.28. The molecule has 2 aromatic rings. The van der Waals surface area contributed by atoms with E-state index >= 15 is 0 Å². The van der Waals surface area contributed by atoms with Crippen LogP contribution in [-0.4, -0.2) is 27.4 Å². The van der Waals surface area contributed by atoms with E-state index in [2.05, 4.69) is 28.8 Å². The largest absolute Gasteiger partial charge is 0.417 e. The minimum Gasteiger partial charge on any atom is -0.366 e. The zero-order valence-electron chi connectivity index (χ0n) is 14.3. The average Bonchev–Trinajstić information content (AvgIpc) is 2.59. The third-order valence-electron chi connectivity index (χ3n) is 4.62. The second-order valence-corrected chi connectivity index (χ2v) is 7.03. The Bertz CT molecular complexity index is 851. The number of halogens is 4. The lowest BCUT2D eigenvalue weighted by Gasteiger charge is -2.38. The number of hydrogen-bond acceptors (Lipinski definition) is 4. The fourth-order valence-electron chi connectivity index (χ4n) is 3.09. The SMILES string of the molecule is CC1CCC(C)N(c2cnn(-c3ccc(C(F)(F)F)cn3)c(=O)c2Cl)C1. The molecular formula is C17H18ClF3N4O. The van der Waals surface area contributed by atoms with Crippen molar-refractivity contribution < 1.29 is 13.2 Å². The van der Waals surface area contributed by atoms with Gasteiger partial charge in [0.15, 0.2) is 5.82 Å². The molecule has 0 aliphatic carbocycles. The van der Waals surface area contributed by atoms with Gasteiger partial charge in [-0.2, -0.15) is 23.0 Å².